The van der Waals surface area contributed by atoms with Crippen molar-refractivity contribution in [2.24, 2.45) is 22.0 Å². The Morgan fingerprint density at radius 1 is 0.706 bits per heavy atom. The minimum absolute atomic E-state index is 0.285. The van der Waals surface area contributed by atoms with E-state index < -0.39 is 23.7 Å². The molecule has 2 aliphatic heterocycles. The van der Waals surface area contributed by atoms with Crippen molar-refractivity contribution in [3.8, 4) is 0 Å². The van der Waals surface area contributed by atoms with Gasteiger partial charge in [-0.2, -0.15) is 10.2 Å². The second-order valence-electron chi connectivity index (χ2n) is 7.99. The molecule has 2 heterocycles. The lowest BCUT2D eigenvalue weighted by atomic mass is 9.88. The maximum Gasteiger partial charge on any atom is 0.253 e. The number of nitrogens with one attached hydrogen (secondary N) is 4. The number of hydrazone groups is 2. The maximum absolute atomic E-state index is 12.5. The number of benzene rings is 2. The highest BCUT2D eigenvalue weighted by Gasteiger charge is 2.41. The molecule has 174 valence electrons. The molecule has 2 aliphatic rings. The van der Waals surface area contributed by atoms with Gasteiger partial charge in [-0.25, -0.2) is 10.9 Å². The van der Waals surface area contributed by atoms with Crippen LogP contribution in [0.2, 0.25) is 0 Å². The summed E-state index contributed by atoms with van der Waals surface area (Å²) in [6.07, 6.45) is 2.35. The fourth-order valence-electron chi connectivity index (χ4n) is 4.27. The van der Waals surface area contributed by atoms with Crippen LogP contribution in [0.4, 0.5) is 0 Å². The molecule has 2 fully saturated rings. The summed E-state index contributed by atoms with van der Waals surface area (Å²) in [7, 11) is 0. The first-order chi connectivity index (χ1) is 16.6. The summed E-state index contributed by atoms with van der Waals surface area (Å²) in [5, 5.41) is 13.0. The Labute approximate surface area is 195 Å². The predicted octanol–water partition coefficient (Wildman–Crippen LogP) is 0.250. The van der Waals surface area contributed by atoms with Gasteiger partial charge in [-0.15, -0.1) is 0 Å². The van der Waals surface area contributed by atoms with Crippen molar-refractivity contribution >= 4 is 36.1 Å². The summed E-state index contributed by atoms with van der Waals surface area (Å²) in [6, 6.07) is 18.6. The summed E-state index contributed by atoms with van der Waals surface area (Å²) >= 11 is 0. The van der Waals surface area contributed by atoms with Gasteiger partial charge in [0.15, 0.2) is 0 Å². The first-order valence-corrected chi connectivity index (χ1v) is 10.9. The standard InChI is InChI=1S/C24H24N6O4/c31-21-19(17(13-25-21)15-7-3-1-4-8-15)23(33)29-27-11-12-28-30-24(34)20-18(14-26-22(20)32)16-9-5-2-6-10-16/h1-12,17-20H,13-14H2,(H,25,31)(H,26,32)(H,29,33)(H,30,34)/b27-11-,28-12-/t17-,18-,19+,20+/m1/s1. The lowest BCUT2D eigenvalue weighted by Crippen LogP contribution is -2.35. The highest BCUT2D eigenvalue weighted by atomic mass is 16.2. The van der Waals surface area contributed by atoms with Crippen LogP contribution in [0.3, 0.4) is 0 Å². The van der Waals surface area contributed by atoms with E-state index in [9.17, 15) is 19.2 Å². The SMILES string of the molecule is O=C1NC[C@H](c2ccccc2)[C@@H]1C(=O)N/N=C\C=N/NC(=O)[C@@H]1C(=O)NC[C@@H]1c1ccccc1. The Kier molecular flexibility index (Phi) is 7.07. The van der Waals surface area contributed by atoms with Crippen molar-refractivity contribution < 1.29 is 19.2 Å². The molecule has 4 rings (SSSR count). The van der Waals surface area contributed by atoms with Crippen molar-refractivity contribution in [2.75, 3.05) is 13.1 Å². The van der Waals surface area contributed by atoms with Gasteiger partial charge in [-0.1, -0.05) is 60.7 Å². The molecule has 10 nitrogen and oxygen atoms in total. The smallest absolute Gasteiger partial charge is 0.253 e. The van der Waals surface area contributed by atoms with Gasteiger partial charge >= 0.3 is 0 Å². The molecule has 4 amide bonds. The van der Waals surface area contributed by atoms with E-state index in [1.807, 2.05) is 60.7 Å². The highest BCUT2D eigenvalue weighted by molar-refractivity contribution is 6.16. The Bertz CT molecular complexity index is 1030. The molecule has 10 heteroatoms. The molecule has 0 bridgehead atoms. The molecule has 2 aromatic carbocycles. The average molecular weight is 460 g/mol. The monoisotopic (exact) mass is 460 g/mol. The fraction of sp³-hybridized carbons (Fsp3) is 0.250. The molecule has 0 unspecified atom stereocenters. The molecule has 0 aromatic heterocycles. The third-order valence-electron chi connectivity index (χ3n) is 5.95. The molecular weight excluding hydrogens is 436 g/mol. The van der Waals surface area contributed by atoms with E-state index in [2.05, 4.69) is 31.7 Å². The number of amides is 4. The van der Waals surface area contributed by atoms with Crippen LogP contribution >= 0.6 is 0 Å². The Balaban J connectivity index is 1.29. The predicted molar refractivity (Wildman–Crippen MR) is 125 cm³/mol. The van der Waals surface area contributed by atoms with E-state index in [0.29, 0.717) is 13.1 Å². The van der Waals surface area contributed by atoms with E-state index >= 15 is 0 Å². The molecule has 0 spiro atoms. The fourth-order valence-corrected chi connectivity index (χ4v) is 4.27. The van der Waals surface area contributed by atoms with Crippen LogP contribution < -0.4 is 21.5 Å². The zero-order valence-corrected chi connectivity index (χ0v) is 18.2. The third kappa shape index (κ3) is 5.01. The van der Waals surface area contributed by atoms with Crippen LogP contribution in [0.25, 0.3) is 0 Å². The molecule has 0 saturated carbocycles. The largest absolute Gasteiger partial charge is 0.355 e. The molecule has 0 aliphatic carbocycles. The van der Waals surface area contributed by atoms with Gasteiger partial charge in [-0.3, -0.25) is 19.2 Å². The number of nitrogens with zero attached hydrogens (tertiary/aromatic N) is 2. The second-order valence-corrected chi connectivity index (χ2v) is 7.99. The number of carbonyl (C=O) groups is 4. The average Bonchev–Trinajstić information content (AvgIpc) is 3.44. The van der Waals surface area contributed by atoms with Gasteiger partial charge in [0.1, 0.15) is 11.8 Å². The third-order valence-corrected chi connectivity index (χ3v) is 5.95. The Hall–Kier alpha value is -4.34. The summed E-state index contributed by atoms with van der Waals surface area (Å²) in [4.78, 5) is 49.4. The normalized spacial score (nSPS) is 24.2. The number of rotatable bonds is 7. The number of hydrogen-bond donors (Lipinski definition) is 4. The van der Waals surface area contributed by atoms with Gasteiger partial charge in [0, 0.05) is 24.9 Å². The molecule has 34 heavy (non-hydrogen) atoms. The van der Waals surface area contributed by atoms with Crippen LogP contribution in [-0.2, 0) is 19.2 Å². The molecule has 4 N–H and O–H groups in total. The van der Waals surface area contributed by atoms with Crippen LogP contribution in [0.15, 0.2) is 70.9 Å². The first-order valence-electron chi connectivity index (χ1n) is 10.9. The van der Waals surface area contributed by atoms with E-state index in [0.717, 1.165) is 11.1 Å². The quantitative estimate of drug-likeness (QED) is 0.267. The summed E-state index contributed by atoms with van der Waals surface area (Å²) in [6.45, 7) is 0.744. The number of hydrogen-bond acceptors (Lipinski definition) is 6. The summed E-state index contributed by atoms with van der Waals surface area (Å²) < 4.78 is 0. The van der Waals surface area contributed by atoms with Gasteiger partial charge < -0.3 is 10.6 Å². The van der Waals surface area contributed by atoms with Gasteiger partial charge in [0.05, 0.1) is 12.4 Å². The van der Waals surface area contributed by atoms with Crippen molar-refractivity contribution in [3.05, 3.63) is 71.8 Å². The van der Waals surface area contributed by atoms with E-state index in [-0.39, 0.29) is 23.7 Å². The van der Waals surface area contributed by atoms with E-state index in [1.54, 1.807) is 0 Å². The first kappa shape index (κ1) is 22.8. The summed E-state index contributed by atoms with van der Waals surface area (Å²) in [5.41, 5.74) is 6.45. The Morgan fingerprint density at radius 2 is 1.09 bits per heavy atom. The topological polar surface area (TPSA) is 141 Å². The van der Waals surface area contributed by atoms with E-state index in [4.69, 9.17) is 0 Å². The van der Waals surface area contributed by atoms with Crippen LogP contribution in [-0.4, -0.2) is 49.1 Å². The van der Waals surface area contributed by atoms with Crippen molar-refractivity contribution in [1.82, 2.24) is 21.5 Å². The Morgan fingerprint density at radius 3 is 1.47 bits per heavy atom. The van der Waals surface area contributed by atoms with Crippen LogP contribution in [0.1, 0.15) is 23.0 Å². The zero-order valence-electron chi connectivity index (χ0n) is 18.2. The minimum atomic E-state index is -0.896. The molecule has 4 atom stereocenters. The molecule has 0 radical (unpaired) electrons. The van der Waals surface area contributed by atoms with Gasteiger partial charge in [0.2, 0.25) is 11.8 Å². The summed E-state index contributed by atoms with van der Waals surface area (Å²) in [5.74, 6) is -4.15. The maximum atomic E-state index is 12.5. The number of carbonyl (C=O) groups excluding carboxylic acids is 4. The lowest BCUT2D eigenvalue weighted by Gasteiger charge is -2.15. The molecule has 2 aromatic rings. The van der Waals surface area contributed by atoms with Crippen molar-refractivity contribution in [1.29, 1.82) is 0 Å². The van der Waals surface area contributed by atoms with Crippen molar-refractivity contribution in [3.63, 3.8) is 0 Å². The van der Waals surface area contributed by atoms with Crippen molar-refractivity contribution in [2.45, 2.75) is 11.8 Å². The van der Waals surface area contributed by atoms with Gasteiger partial charge in [0.25, 0.3) is 11.8 Å². The second kappa shape index (κ2) is 10.5. The van der Waals surface area contributed by atoms with Crippen LogP contribution in [0.5, 0.6) is 0 Å². The molecule has 2 saturated heterocycles. The lowest BCUT2D eigenvalue weighted by molar-refractivity contribution is -0.135. The van der Waals surface area contributed by atoms with Gasteiger partial charge in [-0.05, 0) is 11.1 Å². The zero-order chi connectivity index (χ0) is 23.9. The van der Waals surface area contributed by atoms with Crippen LogP contribution in [0, 0.1) is 11.8 Å². The highest BCUT2D eigenvalue weighted by Crippen LogP contribution is 2.30. The van der Waals surface area contributed by atoms with E-state index in [1.165, 1.54) is 12.4 Å². The minimum Gasteiger partial charge on any atom is -0.355 e. The molecular formula is C24H24N6O4.